The van der Waals surface area contributed by atoms with E-state index in [0.29, 0.717) is 13.0 Å². The van der Waals surface area contributed by atoms with Crippen LogP contribution in [0, 0.1) is 0 Å². The van der Waals surface area contributed by atoms with Crippen molar-refractivity contribution in [3.05, 3.63) is 16.6 Å². The lowest BCUT2D eigenvalue weighted by molar-refractivity contribution is -0.121. The van der Waals surface area contributed by atoms with Gasteiger partial charge in [0.1, 0.15) is 0 Å². The number of nitrogens with one attached hydrogen (secondary N) is 2. The first-order valence-corrected chi connectivity index (χ1v) is 6.11. The average Bonchev–Trinajstić information content (AvgIpc) is 2.74. The van der Waals surface area contributed by atoms with Crippen molar-refractivity contribution in [1.82, 2.24) is 15.6 Å². The Morgan fingerprint density at radius 3 is 3.07 bits per heavy atom. The summed E-state index contributed by atoms with van der Waals surface area (Å²) >= 11 is 1.56. The van der Waals surface area contributed by atoms with Crippen LogP contribution in [0.2, 0.25) is 0 Å². The molecule has 0 unspecified atom stereocenters. The molecule has 84 valence electrons. The number of carbonyl (C=O) groups excluding carboxylic acids is 1. The Hall–Kier alpha value is -0.940. The quantitative estimate of drug-likeness (QED) is 0.678. The van der Waals surface area contributed by atoms with E-state index in [2.05, 4.69) is 15.6 Å². The predicted molar refractivity (Wildman–Crippen MR) is 62.0 cm³/mol. The second-order valence-corrected chi connectivity index (χ2v) is 3.90. The second kappa shape index (κ2) is 7.36. The lowest BCUT2D eigenvalue weighted by atomic mass is 10.2. The van der Waals surface area contributed by atoms with Gasteiger partial charge in [0.05, 0.1) is 11.2 Å². The van der Waals surface area contributed by atoms with E-state index in [4.69, 9.17) is 0 Å². The Morgan fingerprint density at radius 2 is 2.40 bits per heavy atom. The molecule has 2 N–H and O–H groups in total. The largest absolute Gasteiger partial charge is 0.355 e. The Morgan fingerprint density at radius 1 is 1.53 bits per heavy atom. The van der Waals surface area contributed by atoms with E-state index in [0.717, 1.165) is 25.2 Å². The molecule has 0 saturated carbocycles. The van der Waals surface area contributed by atoms with Crippen molar-refractivity contribution in [3.8, 4) is 0 Å². The summed E-state index contributed by atoms with van der Waals surface area (Å²) in [6.45, 7) is 4.52. The van der Waals surface area contributed by atoms with Crippen molar-refractivity contribution in [2.24, 2.45) is 0 Å². The number of aromatic nitrogens is 1. The lowest BCUT2D eigenvalue weighted by Crippen LogP contribution is -2.31. The highest BCUT2D eigenvalue weighted by Crippen LogP contribution is 2.03. The van der Waals surface area contributed by atoms with Gasteiger partial charge in [-0.2, -0.15) is 0 Å². The summed E-state index contributed by atoms with van der Waals surface area (Å²) in [5.74, 6) is 0.0981. The summed E-state index contributed by atoms with van der Waals surface area (Å²) < 4.78 is 0. The summed E-state index contributed by atoms with van der Waals surface area (Å²) in [4.78, 5) is 15.5. The van der Waals surface area contributed by atoms with Crippen molar-refractivity contribution in [3.63, 3.8) is 0 Å². The van der Waals surface area contributed by atoms with Gasteiger partial charge in [-0.3, -0.25) is 4.79 Å². The summed E-state index contributed by atoms with van der Waals surface area (Å²) in [6, 6.07) is 0. The first-order chi connectivity index (χ1) is 7.33. The normalized spacial score (nSPS) is 10.2. The standard InChI is InChI=1S/C10H17N3OS/c1-2-11-5-6-12-10(14)4-3-9-7-15-8-13-9/h7-8,11H,2-6H2,1H3,(H,12,14). The first kappa shape index (κ1) is 12.1. The zero-order valence-corrected chi connectivity index (χ0v) is 9.77. The van der Waals surface area contributed by atoms with Crippen LogP contribution in [0.5, 0.6) is 0 Å². The number of hydrogen-bond acceptors (Lipinski definition) is 4. The van der Waals surface area contributed by atoms with Gasteiger partial charge in [0, 0.05) is 24.9 Å². The topological polar surface area (TPSA) is 54.0 Å². The van der Waals surface area contributed by atoms with Gasteiger partial charge in [-0.25, -0.2) is 4.98 Å². The Labute approximate surface area is 94.1 Å². The molecular weight excluding hydrogens is 210 g/mol. The molecule has 0 radical (unpaired) electrons. The summed E-state index contributed by atoms with van der Waals surface area (Å²) in [6.07, 6.45) is 1.26. The molecule has 1 heterocycles. The van der Waals surface area contributed by atoms with E-state index in [1.165, 1.54) is 0 Å². The molecule has 0 atom stereocenters. The summed E-state index contributed by atoms with van der Waals surface area (Å²) in [5.41, 5.74) is 2.79. The molecule has 0 aliphatic rings. The third kappa shape index (κ3) is 5.49. The number of rotatable bonds is 7. The number of amides is 1. The van der Waals surface area contributed by atoms with E-state index in [9.17, 15) is 4.79 Å². The molecule has 5 heteroatoms. The summed E-state index contributed by atoms with van der Waals surface area (Å²) in [7, 11) is 0. The van der Waals surface area contributed by atoms with Gasteiger partial charge < -0.3 is 10.6 Å². The van der Waals surface area contributed by atoms with Crippen LogP contribution >= 0.6 is 11.3 Å². The van der Waals surface area contributed by atoms with Crippen molar-refractivity contribution >= 4 is 17.2 Å². The van der Waals surface area contributed by atoms with Crippen LogP contribution < -0.4 is 10.6 Å². The molecule has 4 nitrogen and oxygen atoms in total. The highest BCUT2D eigenvalue weighted by molar-refractivity contribution is 7.07. The SMILES string of the molecule is CCNCCNC(=O)CCc1cscn1. The van der Waals surface area contributed by atoms with Crippen LogP contribution in [0.15, 0.2) is 10.9 Å². The highest BCUT2D eigenvalue weighted by Gasteiger charge is 2.02. The van der Waals surface area contributed by atoms with Crippen LogP contribution in [0.1, 0.15) is 19.0 Å². The van der Waals surface area contributed by atoms with Gasteiger partial charge in [-0.1, -0.05) is 6.92 Å². The van der Waals surface area contributed by atoms with Crippen molar-refractivity contribution in [1.29, 1.82) is 0 Å². The maximum absolute atomic E-state index is 11.3. The molecule has 0 spiro atoms. The Kier molecular flexibility index (Phi) is 5.96. The van der Waals surface area contributed by atoms with E-state index in [-0.39, 0.29) is 5.91 Å². The third-order valence-corrected chi connectivity index (χ3v) is 2.60. The molecule has 1 aromatic heterocycles. The number of likely N-dealkylation sites (N-methyl/N-ethyl adjacent to an activating group) is 1. The molecule has 1 amide bonds. The molecule has 0 saturated heterocycles. The van der Waals surface area contributed by atoms with Crippen LogP contribution in [0.25, 0.3) is 0 Å². The number of thiazole rings is 1. The van der Waals surface area contributed by atoms with Crippen LogP contribution in [0.3, 0.4) is 0 Å². The minimum absolute atomic E-state index is 0.0981. The zero-order chi connectivity index (χ0) is 10.9. The maximum Gasteiger partial charge on any atom is 0.220 e. The fraction of sp³-hybridized carbons (Fsp3) is 0.600. The van der Waals surface area contributed by atoms with Crippen molar-refractivity contribution < 1.29 is 4.79 Å². The zero-order valence-electron chi connectivity index (χ0n) is 8.95. The maximum atomic E-state index is 11.3. The molecule has 1 aromatic rings. The minimum atomic E-state index is 0.0981. The van der Waals surface area contributed by atoms with E-state index < -0.39 is 0 Å². The monoisotopic (exact) mass is 227 g/mol. The van der Waals surface area contributed by atoms with Gasteiger partial charge in [-0.15, -0.1) is 11.3 Å². The molecule has 0 bridgehead atoms. The van der Waals surface area contributed by atoms with Crippen molar-refractivity contribution in [2.45, 2.75) is 19.8 Å². The minimum Gasteiger partial charge on any atom is -0.355 e. The molecule has 0 aliphatic heterocycles. The average molecular weight is 227 g/mol. The molecule has 15 heavy (non-hydrogen) atoms. The Balaban J connectivity index is 2.04. The second-order valence-electron chi connectivity index (χ2n) is 3.18. The van der Waals surface area contributed by atoms with Crippen molar-refractivity contribution in [2.75, 3.05) is 19.6 Å². The van der Waals surface area contributed by atoms with Gasteiger partial charge >= 0.3 is 0 Å². The smallest absolute Gasteiger partial charge is 0.220 e. The molecule has 0 aliphatic carbocycles. The fourth-order valence-corrected chi connectivity index (χ4v) is 1.75. The number of nitrogens with zero attached hydrogens (tertiary/aromatic N) is 1. The van der Waals surface area contributed by atoms with Crippen LogP contribution in [0.4, 0.5) is 0 Å². The highest BCUT2D eigenvalue weighted by atomic mass is 32.1. The molecule has 0 fully saturated rings. The summed E-state index contributed by atoms with van der Waals surface area (Å²) in [5, 5.41) is 7.98. The van der Waals surface area contributed by atoms with E-state index in [1.54, 1.807) is 16.8 Å². The lowest BCUT2D eigenvalue weighted by Gasteiger charge is -2.04. The van der Waals surface area contributed by atoms with Gasteiger partial charge in [-0.05, 0) is 13.0 Å². The van der Waals surface area contributed by atoms with Crippen LogP contribution in [-0.4, -0.2) is 30.5 Å². The molecule has 1 rings (SSSR count). The van der Waals surface area contributed by atoms with Gasteiger partial charge in [0.25, 0.3) is 0 Å². The molecule has 0 aromatic carbocycles. The predicted octanol–water partition coefficient (Wildman–Crippen LogP) is 0.801. The number of carbonyl (C=O) groups is 1. The fourth-order valence-electron chi connectivity index (χ4n) is 1.16. The number of aryl methyl sites for hydroxylation is 1. The first-order valence-electron chi connectivity index (χ1n) is 5.17. The number of hydrogen-bond donors (Lipinski definition) is 2. The Bertz CT molecular complexity index is 274. The van der Waals surface area contributed by atoms with Gasteiger partial charge in [0.15, 0.2) is 0 Å². The van der Waals surface area contributed by atoms with E-state index in [1.807, 2.05) is 12.3 Å². The third-order valence-electron chi connectivity index (χ3n) is 1.97. The van der Waals surface area contributed by atoms with Gasteiger partial charge in [0.2, 0.25) is 5.91 Å². The molecular formula is C10H17N3OS. The van der Waals surface area contributed by atoms with E-state index >= 15 is 0 Å². The van der Waals surface area contributed by atoms with Crippen LogP contribution in [-0.2, 0) is 11.2 Å².